The Morgan fingerprint density at radius 2 is 1.86 bits per heavy atom. The minimum Gasteiger partial charge on any atom is -0.489 e. The fraction of sp³-hybridized carbons (Fsp3) is 0.667. The fourth-order valence-corrected chi connectivity index (χ4v) is 3.53. The first kappa shape index (κ1) is 14.7. The monoisotopic (exact) mass is 289 g/mol. The number of hydrogen-bond donors (Lipinski definition) is 1. The molecule has 1 fully saturated rings. The fourth-order valence-electron chi connectivity index (χ4n) is 3.53. The van der Waals surface area contributed by atoms with Crippen LogP contribution < -0.4 is 14.8 Å². The molecule has 2 atom stereocenters. The molecule has 1 N–H and O–H groups in total. The summed E-state index contributed by atoms with van der Waals surface area (Å²) < 4.78 is 11.8. The van der Waals surface area contributed by atoms with Crippen molar-refractivity contribution in [3.63, 3.8) is 0 Å². The predicted molar refractivity (Wildman–Crippen MR) is 85.0 cm³/mol. The van der Waals surface area contributed by atoms with Crippen molar-refractivity contribution in [2.75, 3.05) is 19.8 Å². The SMILES string of the molecule is CCNC(c1ccc2c(c1)OCC(C)CO2)C1CCCC1. The van der Waals surface area contributed by atoms with E-state index in [1.165, 1.54) is 31.2 Å². The summed E-state index contributed by atoms with van der Waals surface area (Å²) >= 11 is 0. The Bertz CT molecular complexity index is 468. The van der Waals surface area contributed by atoms with Gasteiger partial charge in [0.2, 0.25) is 0 Å². The minimum absolute atomic E-state index is 0.445. The molecule has 1 aromatic carbocycles. The molecule has 21 heavy (non-hydrogen) atoms. The topological polar surface area (TPSA) is 30.5 Å². The third kappa shape index (κ3) is 3.34. The molecule has 2 unspecified atom stereocenters. The van der Waals surface area contributed by atoms with Crippen molar-refractivity contribution < 1.29 is 9.47 Å². The summed E-state index contributed by atoms with van der Waals surface area (Å²) in [7, 11) is 0. The molecule has 1 aliphatic carbocycles. The molecule has 1 aromatic rings. The third-order valence-corrected chi connectivity index (χ3v) is 4.67. The van der Waals surface area contributed by atoms with Crippen molar-refractivity contribution in [2.45, 2.75) is 45.6 Å². The first-order chi connectivity index (χ1) is 10.3. The molecular formula is C18H27NO2. The molecule has 1 heterocycles. The molecule has 1 saturated carbocycles. The maximum Gasteiger partial charge on any atom is 0.161 e. The highest BCUT2D eigenvalue weighted by molar-refractivity contribution is 5.44. The van der Waals surface area contributed by atoms with Crippen molar-refractivity contribution in [1.29, 1.82) is 0 Å². The van der Waals surface area contributed by atoms with E-state index in [9.17, 15) is 0 Å². The Balaban J connectivity index is 1.83. The van der Waals surface area contributed by atoms with Crippen LogP contribution in [0.5, 0.6) is 11.5 Å². The zero-order valence-electron chi connectivity index (χ0n) is 13.2. The second-order valence-electron chi connectivity index (χ2n) is 6.51. The van der Waals surface area contributed by atoms with Gasteiger partial charge in [0, 0.05) is 12.0 Å². The average molecular weight is 289 g/mol. The van der Waals surface area contributed by atoms with E-state index in [1.54, 1.807) is 0 Å². The molecule has 0 spiro atoms. The molecule has 0 saturated heterocycles. The molecule has 3 heteroatoms. The van der Waals surface area contributed by atoms with Crippen molar-refractivity contribution in [3.8, 4) is 11.5 Å². The molecule has 116 valence electrons. The van der Waals surface area contributed by atoms with Gasteiger partial charge in [0.1, 0.15) is 0 Å². The lowest BCUT2D eigenvalue weighted by Crippen LogP contribution is -2.27. The van der Waals surface area contributed by atoms with Gasteiger partial charge in [0.15, 0.2) is 11.5 Å². The molecule has 0 radical (unpaired) electrons. The van der Waals surface area contributed by atoms with Gasteiger partial charge >= 0.3 is 0 Å². The van der Waals surface area contributed by atoms with Gasteiger partial charge in [-0.2, -0.15) is 0 Å². The number of nitrogens with one attached hydrogen (secondary N) is 1. The second kappa shape index (κ2) is 6.69. The molecule has 1 aliphatic heterocycles. The lowest BCUT2D eigenvalue weighted by atomic mass is 9.91. The zero-order chi connectivity index (χ0) is 14.7. The molecular weight excluding hydrogens is 262 g/mol. The van der Waals surface area contributed by atoms with Gasteiger partial charge in [-0.3, -0.25) is 0 Å². The van der Waals surface area contributed by atoms with Crippen molar-refractivity contribution in [3.05, 3.63) is 23.8 Å². The van der Waals surface area contributed by atoms with E-state index in [0.717, 1.165) is 37.2 Å². The first-order valence-electron chi connectivity index (χ1n) is 8.41. The maximum atomic E-state index is 5.94. The standard InChI is InChI=1S/C18H27NO2/c1-3-19-18(14-6-4-5-7-14)15-8-9-16-17(10-15)21-12-13(2)11-20-16/h8-10,13-14,18-19H,3-7,11-12H2,1-2H3. The zero-order valence-corrected chi connectivity index (χ0v) is 13.2. The first-order valence-corrected chi connectivity index (χ1v) is 8.41. The lowest BCUT2D eigenvalue weighted by Gasteiger charge is -2.25. The Labute approximate surface area is 128 Å². The van der Waals surface area contributed by atoms with Crippen LogP contribution in [-0.4, -0.2) is 19.8 Å². The Kier molecular flexibility index (Phi) is 4.69. The third-order valence-electron chi connectivity index (χ3n) is 4.67. The van der Waals surface area contributed by atoms with Crippen LogP contribution in [-0.2, 0) is 0 Å². The summed E-state index contributed by atoms with van der Waals surface area (Å²) in [6, 6.07) is 6.94. The smallest absolute Gasteiger partial charge is 0.161 e. The molecule has 0 bridgehead atoms. The number of fused-ring (bicyclic) bond motifs is 1. The van der Waals surface area contributed by atoms with Crippen LogP contribution in [0.3, 0.4) is 0 Å². The van der Waals surface area contributed by atoms with E-state index in [1.807, 2.05) is 0 Å². The van der Waals surface area contributed by atoms with Crippen LogP contribution in [0.15, 0.2) is 18.2 Å². The normalized spacial score (nSPS) is 23.8. The summed E-state index contributed by atoms with van der Waals surface area (Å²) in [5.41, 5.74) is 1.35. The summed E-state index contributed by atoms with van der Waals surface area (Å²) in [5, 5.41) is 3.68. The Morgan fingerprint density at radius 1 is 1.14 bits per heavy atom. The van der Waals surface area contributed by atoms with E-state index in [0.29, 0.717) is 12.0 Å². The quantitative estimate of drug-likeness (QED) is 0.911. The highest BCUT2D eigenvalue weighted by atomic mass is 16.5. The van der Waals surface area contributed by atoms with Gasteiger partial charge in [-0.1, -0.05) is 32.8 Å². The van der Waals surface area contributed by atoms with Crippen molar-refractivity contribution in [1.82, 2.24) is 5.32 Å². The minimum atomic E-state index is 0.445. The van der Waals surface area contributed by atoms with E-state index >= 15 is 0 Å². The summed E-state index contributed by atoms with van der Waals surface area (Å²) in [4.78, 5) is 0. The van der Waals surface area contributed by atoms with Crippen LogP contribution in [0.4, 0.5) is 0 Å². The summed E-state index contributed by atoms with van der Waals surface area (Å²) in [5.74, 6) is 3.01. The average Bonchev–Trinajstić information content (AvgIpc) is 2.96. The number of benzene rings is 1. The van der Waals surface area contributed by atoms with Crippen molar-refractivity contribution in [2.24, 2.45) is 11.8 Å². The van der Waals surface area contributed by atoms with E-state index in [-0.39, 0.29) is 0 Å². The van der Waals surface area contributed by atoms with Gasteiger partial charge in [-0.05, 0) is 43.0 Å². The summed E-state index contributed by atoms with van der Waals surface area (Å²) in [6.45, 7) is 6.84. The van der Waals surface area contributed by atoms with Gasteiger partial charge < -0.3 is 14.8 Å². The maximum absolute atomic E-state index is 5.94. The highest BCUT2D eigenvalue weighted by Gasteiger charge is 2.27. The van der Waals surface area contributed by atoms with E-state index < -0.39 is 0 Å². The van der Waals surface area contributed by atoms with Crippen LogP contribution in [0.1, 0.15) is 51.1 Å². The number of ether oxygens (including phenoxy) is 2. The number of hydrogen-bond acceptors (Lipinski definition) is 3. The van der Waals surface area contributed by atoms with Crippen LogP contribution in [0.25, 0.3) is 0 Å². The highest BCUT2D eigenvalue weighted by Crippen LogP contribution is 2.39. The number of rotatable bonds is 4. The van der Waals surface area contributed by atoms with Crippen LogP contribution in [0, 0.1) is 11.8 Å². The Morgan fingerprint density at radius 3 is 2.57 bits per heavy atom. The van der Waals surface area contributed by atoms with E-state index in [4.69, 9.17) is 9.47 Å². The van der Waals surface area contributed by atoms with Gasteiger partial charge in [0.05, 0.1) is 13.2 Å². The molecule has 0 amide bonds. The van der Waals surface area contributed by atoms with Crippen LogP contribution in [0.2, 0.25) is 0 Å². The molecule has 0 aromatic heterocycles. The van der Waals surface area contributed by atoms with Crippen LogP contribution >= 0.6 is 0 Å². The largest absolute Gasteiger partial charge is 0.489 e. The molecule has 2 aliphatic rings. The predicted octanol–water partition coefficient (Wildman–Crippen LogP) is 3.93. The lowest BCUT2D eigenvalue weighted by molar-refractivity contribution is 0.228. The van der Waals surface area contributed by atoms with E-state index in [2.05, 4.69) is 37.4 Å². The Hall–Kier alpha value is -1.22. The molecule has 3 rings (SSSR count). The van der Waals surface area contributed by atoms with Gasteiger partial charge in [0.25, 0.3) is 0 Å². The van der Waals surface area contributed by atoms with Gasteiger partial charge in [-0.15, -0.1) is 0 Å². The van der Waals surface area contributed by atoms with Gasteiger partial charge in [-0.25, -0.2) is 0 Å². The van der Waals surface area contributed by atoms with Crippen molar-refractivity contribution >= 4 is 0 Å². The molecule has 3 nitrogen and oxygen atoms in total. The second-order valence-corrected chi connectivity index (χ2v) is 6.51. The summed E-state index contributed by atoms with van der Waals surface area (Å²) in [6.07, 6.45) is 5.41.